The number of nitrogens with zero attached hydrogens (tertiary/aromatic N) is 1. The second-order valence-corrected chi connectivity index (χ2v) is 7.03. The van der Waals surface area contributed by atoms with Crippen LogP contribution in [0.25, 0.3) is 0 Å². The van der Waals surface area contributed by atoms with E-state index >= 15 is 0 Å². The van der Waals surface area contributed by atoms with Gasteiger partial charge in [0, 0.05) is 39.4 Å². The molecule has 6 nitrogen and oxygen atoms in total. The molecule has 0 heterocycles. The quantitative estimate of drug-likeness (QED) is 0.283. The number of nitrogens with one attached hydrogen (secondary N) is 3. The smallest absolute Gasteiger partial charge is 0.221 e. The topological polar surface area (TPSA) is 74.8 Å². The number of aliphatic imine (C=N–C) groups is 1. The molecule has 0 unspecified atom stereocenters. The summed E-state index contributed by atoms with van der Waals surface area (Å²) < 4.78 is 5.27. The van der Waals surface area contributed by atoms with E-state index in [9.17, 15) is 4.79 Å². The molecule has 0 bridgehead atoms. The minimum absolute atomic E-state index is 0. The molecule has 0 aliphatic heterocycles. The van der Waals surface area contributed by atoms with Gasteiger partial charge in [-0.25, -0.2) is 4.99 Å². The lowest BCUT2D eigenvalue weighted by molar-refractivity contribution is -0.114. The predicted octanol–water partition coefficient (Wildman–Crippen LogP) is 3.52. The average Bonchev–Trinajstić information content (AvgIpc) is 2.58. The fourth-order valence-corrected chi connectivity index (χ4v) is 3.24. The fraction of sp³-hybridized carbons (Fsp3) is 0.600. The van der Waals surface area contributed by atoms with Crippen LogP contribution >= 0.6 is 24.0 Å². The first-order chi connectivity index (χ1) is 12.6. The number of guanidine groups is 1. The molecule has 1 aliphatic rings. The largest absolute Gasteiger partial charge is 0.385 e. The Bertz CT molecular complexity index is 618. The number of benzene rings is 1. The molecular weight excluding hydrogens is 455 g/mol. The van der Waals surface area contributed by atoms with Crippen molar-refractivity contribution in [2.45, 2.75) is 46.1 Å². The third-order valence-electron chi connectivity index (χ3n) is 4.89. The molecule has 0 radical (unpaired) electrons. The van der Waals surface area contributed by atoms with Crippen molar-refractivity contribution in [3.8, 4) is 0 Å². The van der Waals surface area contributed by atoms with E-state index in [0.717, 1.165) is 43.3 Å². The van der Waals surface area contributed by atoms with Crippen molar-refractivity contribution < 1.29 is 9.53 Å². The first-order valence-electron chi connectivity index (χ1n) is 9.44. The van der Waals surface area contributed by atoms with Gasteiger partial charge in [0.1, 0.15) is 0 Å². The minimum Gasteiger partial charge on any atom is -0.385 e. The Labute approximate surface area is 179 Å². The summed E-state index contributed by atoms with van der Waals surface area (Å²) in [6.07, 6.45) is 4.90. The number of methoxy groups -OCH3 is 1. The fourth-order valence-electron chi connectivity index (χ4n) is 3.24. The molecule has 0 aromatic heterocycles. The molecule has 27 heavy (non-hydrogen) atoms. The average molecular weight is 488 g/mol. The second kappa shape index (κ2) is 12.2. The predicted molar refractivity (Wildman–Crippen MR) is 122 cm³/mol. The standard InChI is InChI=1S/C20H32N4O2.HI/c1-4-21-19(23-15-20(9-6-10-20)11-12-26-3)22-14-17-7-5-8-18(13-17)24-16(2)25;/h5,7-8,13H,4,6,9-12,14-15H2,1-3H3,(H,24,25)(H2,21,22,23);1H. The molecule has 1 aromatic rings. The molecule has 3 N–H and O–H groups in total. The normalized spacial score (nSPS) is 15.3. The lowest BCUT2D eigenvalue weighted by atomic mass is 9.67. The van der Waals surface area contributed by atoms with Gasteiger partial charge >= 0.3 is 0 Å². The van der Waals surface area contributed by atoms with E-state index in [-0.39, 0.29) is 29.9 Å². The summed E-state index contributed by atoms with van der Waals surface area (Å²) in [6.45, 7) is 6.70. The van der Waals surface area contributed by atoms with E-state index in [1.807, 2.05) is 24.3 Å². The molecule has 1 aromatic carbocycles. The zero-order chi connectivity index (χ0) is 18.8. The van der Waals surface area contributed by atoms with Crippen LogP contribution in [0.2, 0.25) is 0 Å². The molecule has 0 saturated heterocycles. The zero-order valence-electron chi connectivity index (χ0n) is 16.6. The number of rotatable bonds is 9. The Hall–Kier alpha value is -1.35. The lowest BCUT2D eigenvalue weighted by Crippen LogP contribution is -2.46. The Balaban J connectivity index is 0.00000364. The minimum atomic E-state index is -0.0671. The highest BCUT2D eigenvalue weighted by molar-refractivity contribution is 14.0. The first-order valence-corrected chi connectivity index (χ1v) is 9.44. The van der Waals surface area contributed by atoms with Crippen molar-refractivity contribution in [2.24, 2.45) is 10.4 Å². The number of carbonyl (C=O) groups is 1. The van der Waals surface area contributed by atoms with Gasteiger partial charge in [0.15, 0.2) is 5.96 Å². The molecule has 1 saturated carbocycles. The summed E-state index contributed by atoms with van der Waals surface area (Å²) in [6, 6.07) is 7.80. The van der Waals surface area contributed by atoms with Gasteiger partial charge in [0.2, 0.25) is 5.91 Å². The van der Waals surface area contributed by atoms with Crippen LogP contribution < -0.4 is 16.0 Å². The van der Waals surface area contributed by atoms with Crippen LogP contribution in [0.3, 0.4) is 0 Å². The summed E-state index contributed by atoms with van der Waals surface area (Å²) in [5.41, 5.74) is 2.21. The maximum Gasteiger partial charge on any atom is 0.221 e. The van der Waals surface area contributed by atoms with Gasteiger partial charge in [0.05, 0.1) is 6.54 Å². The van der Waals surface area contributed by atoms with Crippen LogP contribution in [0, 0.1) is 5.41 Å². The van der Waals surface area contributed by atoms with Gasteiger partial charge in [-0.15, -0.1) is 24.0 Å². The highest BCUT2D eigenvalue weighted by Gasteiger charge is 2.36. The van der Waals surface area contributed by atoms with E-state index in [0.29, 0.717) is 12.0 Å². The molecule has 0 spiro atoms. The molecule has 1 amide bonds. The van der Waals surface area contributed by atoms with E-state index in [1.165, 1.54) is 26.2 Å². The van der Waals surface area contributed by atoms with E-state index in [2.05, 4.69) is 22.9 Å². The van der Waals surface area contributed by atoms with Crippen LogP contribution in [0.4, 0.5) is 5.69 Å². The van der Waals surface area contributed by atoms with Crippen molar-refractivity contribution >= 4 is 41.5 Å². The van der Waals surface area contributed by atoms with Gasteiger partial charge < -0.3 is 20.7 Å². The Kier molecular flexibility index (Phi) is 10.7. The highest BCUT2D eigenvalue weighted by Crippen LogP contribution is 2.43. The Morgan fingerprint density at radius 1 is 1.30 bits per heavy atom. The third-order valence-corrected chi connectivity index (χ3v) is 4.89. The monoisotopic (exact) mass is 488 g/mol. The SMILES string of the molecule is CCNC(=NCc1cccc(NC(C)=O)c1)NCC1(CCOC)CCC1.I. The summed E-state index contributed by atoms with van der Waals surface area (Å²) in [5, 5.41) is 9.62. The summed E-state index contributed by atoms with van der Waals surface area (Å²) in [4.78, 5) is 15.9. The summed E-state index contributed by atoms with van der Waals surface area (Å²) in [7, 11) is 1.76. The van der Waals surface area contributed by atoms with Crippen LogP contribution in [0.1, 0.15) is 45.1 Å². The van der Waals surface area contributed by atoms with Crippen molar-refractivity contribution in [3.63, 3.8) is 0 Å². The van der Waals surface area contributed by atoms with Crippen molar-refractivity contribution in [1.82, 2.24) is 10.6 Å². The van der Waals surface area contributed by atoms with E-state index in [4.69, 9.17) is 9.73 Å². The Morgan fingerprint density at radius 3 is 2.67 bits per heavy atom. The molecule has 0 atom stereocenters. The maximum atomic E-state index is 11.2. The number of hydrogen-bond acceptors (Lipinski definition) is 3. The number of anilines is 1. The molecular formula is C20H33IN4O2. The van der Waals surface area contributed by atoms with E-state index < -0.39 is 0 Å². The molecule has 152 valence electrons. The van der Waals surface area contributed by atoms with Gasteiger partial charge in [-0.3, -0.25) is 4.79 Å². The van der Waals surface area contributed by atoms with Crippen molar-refractivity contribution in [3.05, 3.63) is 29.8 Å². The first kappa shape index (κ1) is 23.7. The number of ether oxygens (including phenoxy) is 1. The third kappa shape index (κ3) is 8.04. The molecule has 1 fully saturated rings. The van der Waals surface area contributed by atoms with Crippen molar-refractivity contribution in [1.29, 1.82) is 0 Å². The highest BCUT2D eigenvalue weighted by atomic mass is 127. The van der Waals surface area contributed by atoms with E-state index in [1.54, 1.807) is 7.11 Å². The number of carbonyl (C=O) groups excluding carboxylic acids is 1. The maximum absolute atomic E-state index is 11.2. The van der Waals surface area contributed by atoms with Crippen LogP contribution in [0.5, 0.6) is 0 Å². The number of amides is 1. The Morgan fingerprint density at radius 2 is 2.07 bits per heavy atom. The van der Waals surface area contributed by atoms with Crippen LogP contribution in [-0.2, 0) is 16.1 Å². The molecule has 2 rings (SSSR count). The van der Waals surface area contributed by atoms with Crippen LogP contribution in [-0.4, -0.2) is 38.7 Å². The van der Waals surface area contributed by atoms with Gasteiger partial charge in [0.25, 0.3) is 0 Å². The second-order valence-electron chi connectivity index (χ2n) is 7.03. The number of hydrogen-bond donors (Lipinski definition) is 3. The van der Waals surface area contributed by atoms with Gasteiger partial charge in [-0.05, 0) is 49.3 Å². The summed E-state index contributed by atoms with van der Waals surface area (Å²) in [5.74, 6) is 0.767. The zero-order valence-corrected chi connectivity index (χ0v) is 19.0. The lowest BCUT2D eigenvalue weighted by Gasteiger charge is -2.42. The number of halogens is 1. The van der Waals surface area contributed by atoms with Crippen LogP contribution in [0.15, 0.2) is 29.3 Å². The van der Waals surface area contributed by atoms with Crippen molar-refractivity contribution in [2.75, 3.05) is 32.1 Å². The summed E-state index contributed by atoms with van der Waals surface area (Å²) >= 11 is 0. The van der Waals surface area contributed by atoms with Gasteiger partial charge in [-0.2, -0.15) is 0 Å². The van der Waals surface area contributed by atoms with Gasteiger partial charge in [-0.1, -0.05) is 18.6 Å². The molecule has 1 aliphatic carbocycles. The molecule has 7 heteroatoms.